The molecule has 12 heavy (non-hydrogen) atoms. The van der Waals surface area contributed by atoms with E-state index in [-0.39, 0.29) is 6.54 Å². The number of nitrogens with one attached hydrogen (secondary N) is 2. The first-order chi connectivity index (χ1) is 5.61. The van der Waals surface area contributed by atoms with Gasteiger partial charge in [0.2, 0.25) is 0 Å². The fourth-order valence-electron chi connectivity index (χ4n) is 0.421. The zero-order valence-electron chi connectivity index (χ0n) is 6.28. The molecule has 1 unspecified atom stereocenters. The van der Waals surface area contributed by atoms with Crippen LogP contribution in [0.4, 0.5) is 0 Å². The molecule has 0 aromatic carbocycles. The number of hydrazine groups is 1. The first-order valence-electron chi connectivity index (χ1n) is 3.19. The van der Waals surface area contributed by atoms with Gasteiger partial charge in [-0.1, -0.05) is 0 Å². The maximum absolute atomic E-state index is 10.6. The van der Waals surface area contributed by atoms with E-state index in [1.165, 1.54) is 0 Å². The van der Waals surface area contributed by atoms with Crippen molar-refractivity contribution in [1.82, 2.24) is 10.7 Å². The topological polar surface area (TPSA) is 125 Å². The molecule has 0 aliphatic carbocycles. The third-order valence-electron chi connectivity index (χ3n) is 1.05. The lowest BCUT2D eigenvalue weighted by atomic mass is 10.4. The first kappa shape index (κ1) is 10.8. The number of nitrogens with two attached hydrogens (primary N) is 1. The second-order valence-corrected chi connectivity index (χ2v) is 2.02. The van der Waals surface area contributed by atoms with Crippen molar-refractivity contribution >= 4 is 11.8 Å². The van der Waals surface area contributed by atoms with E-state index in [2.05, 4.69) is 5.84 Å². The Labute approximate surface area is 68.5 Å². The van der Waals surface area contributed by atoms with Gasteiger partial charge in [-0.15, -0.1) is 0 Å². The van der Waals surface area contributed by atoms with Gasteiger partial charge in [-0.3, -0.25) is 15.0 Å². The summed E-state index contributed by atoms with van der Waals surface area (Å²) in [6, 6.07) is 0. The number of rotatable bonds is 3. The Balaban J connectivity index is 3.64. The van der Waals surface area contributed by atoms with Crippen molar-refractivity contribution in [2.45, 2.75) is 6.10 Å². The molecule has 0 aromatic heterocycles. The van der Waals surface area contributed by atoms with Gasteiger partial charge in [0.15, 0.2) is 0 Å². The van der Waals surface area contributed by atoms with Crippen molar-refractivity contribution in [2.24, 2.45) is 5.84 Å². The minimum absolute atomic E-state index is 0.192. The number of carbonyl (C=O) groups excluding carboxylic acids is 2. The summed E-state index contributed by atoms with van der Waals surface area (Å²) >= 11 is 0. The molecule has 0 saturated carbocycles. The highest BCUT2D eigenvalue weighted by atomic mass is 16.3. The summed E-state index contributed by atoms with van der Waals surface area (Å²) in [5.41, 5.74) is 1.61. The molecule has 0 fully saturated rings. The largest absolute Gasteiger partial charge is 0.394 e. The van der Waals surface area contributed by atoms with Crippen LogP contribution in [0.3, 0.4) is 0 Å². The van der Waals surface area contributed by atoms with Crippen LogP contribution in [-0.4, -0.2) is 41.3 Å². The zero-order chi connectivity index (χ0) is 9.56. The molecular weight excluding hydrogens is 166 g/mol. The van der Waals surface area contributed by atoms with E-state index in [0.29, 0.717) is 0 Å². The van der Waals surface area contributed by atoms with Gasteiger partial charge >= 0.3 is 11.8 Å². The smallest absolute Gasteiger partial charge is 0.323 e. The molecule has 0 heterocycles. The van der Waals surface area contributed by atoms with Gasteiger partial charge in [-0.05, 0) is 0 Å². The SMILES string of the molecule is NNC(=O)C(=O)NCC(O)CO. The van der Waals surface area contributed by atoms with Crippen molar-refractivity contribution < 1.29 is 19.8 Å². The molecule has 2 amide bonds. The fraction of sp³-hybridized carbons (Fsp3) is 0.600. The Kier molecular flexibility index (Phi) is 4.93. The predicted octanol–water partition coefficient (Wildman–Crippen LogP) is -3.55. The van der Waals surface area contributed by atoms with E-state index in [1.807, 2.05) is 5.32 Å². The molecule has 70 valence electrons. The van der Waals surface area contributed by atoms with Crippen LogP contribution in [-0.2, 0) is 9.59 Å². The van der Waals surface area contributed by atoms with Gasteiger partial charge in [-0.25, -0.2) is 5.84 Å². The van der Waals surface area contributed by atoms with Crippen LogP contribution in [0.15, 0.2) is 0 Å². The summed E-state index contributed by atoms with van der Waals surface area (Å²) in [6.45, 7) is -0.673. The Hall–Kier alpha value is -1.18. The second kappa shape index (κ2) is 5.47. The summed E-state index contributed by atoms with van der Waals surface area (Å²) < 4.78 is 0. The molecule has 6 N–H and O–H groups in total. The molecule has 0 bridgehead atoms. The predicted molar refractivity (Wildman–Crippen MR) is 38.4 cm³/mol. The van der Waals surface area contributed by atoms with Crippen LogP contribution < -0.4 is 16.6 Å². The summed E-state index contributed by atoms with van der Waals surface area (Å²) in [5, 5.41) is 19.1. The van der Waals surface area contributed by atoms with Crippen LogP contribution in [0.5, 0.6) is 0 Å². The Morgan fingerprint density at radius 3 is 2.42 bits per heavy atom. The third kappa shape index (κ3) is 3.86. The van der Waals surface area contributed by atoms with E-state index in [4.69, 9.17) is 10.2 Å². The van der Waals surface area contributed by atoms with Crippen molar-refractivity contribution in [3.8, 4) is 0 Å². The van der Waals surface area contributed by atoms with Crippen LogP contribution in [0.25, 0.3) is 0 Å². The van der Waals surface area contributed by atoms with Crippen molar-refractivity contribution in [2.75, 3.05) is 13.2 Å². The standard InChI is InChI=1S/C5H11N3O4/c6-8-5(12)4(11)7-1-3(10)2-9/h3,9-10H,1-2,6H2,(H,7,11)(H,8,12). The number of aliphatic hydroxyl groups is 2. The maximum atomic E-state index is 10.6. The molecule has 0 rings (SSSR count). The first-order valence-corrected chi connectivity index (χ1v) is 3.19. The number of hydrogen-bond acceptors (Lipinski definition) is 5. The Morgan fingerprint density at radius 2 is 2.00 bits per heavy atom. The molecule has 0 aromatic rings. The van der Waals surface area contributed by atoms with Crippen LogP contribution in [0, 0.1) is 0 Å². The lowest BCUT2D eigenvalue weighted by molar-refractivity contribution is -0.139. The van der Waals surface area contributed by atoms with E-state index >= 15 is 0 Å². The van der Waals surface area contributed by atoms with Gasteiger partial charge in [0.25, 0.3) is 0 Å². The van der Waals surface area contributed by atoms with Gasteiger partial charge in [0, 0.05) is 6.54 Å². The molecular formula is C5H11N3O4. The Morgan fingerprint density at radius 1 is 1.42 bits per heavy atom. The van der Waals surface area contributed by atoms with Crippen molar-refractivity contribution in [3.05, 3.63) is 0 Å². The number of carbonyl (C=O) groups is 2. The van der Waals surface area contributed by atoms with E-state index in [9.17, 15) is 9.59 Å². The summed E-state index contributed by atoms with van der Waals surface area (Å²) in [5.74, 6) is 2.69. The third-order valence-corrected chi connectivity index (χ3v) is 1.05. The minimum atomic E-state index is -1.07. The molecule has 7 heteroatoms. The molecule has 7 nitrogen and oxygen atoms in total. The average molecular weight is 177 g/mol. The van der Waals surface area contributed by atoms with E-state index < -0.39 is 24.5 Å². The van der Waals surface area contributed by atoms with Crippen LogP contribution >= 0.6 is 0 Å². The van der Waals surface area contributed by atoms with Crippen LogP contribution in [0.2, 0.25) is 0 Å². The van der Waals surface area contributed by atoms with Crippen molar-refractivity contribution in [3.63, 3.8) is 0 Å². The lowest BCUT2D eigenvalue weighted by Gasteiger charge is -2.07. The summed E-state index contributed by atoms with van der Waals surface area (Å²) in [4.78, 5) is 21.0. The highest BCUT2D eigenvalue weighted by Gasteiger charge is 2.12. The molecule has 0 saturated heterocycles. The monoisotopic (exact) mass is 177 g/mol. The molecule has 0 radical (unpaired) electrons. The average Bonchev–Trinajstić information content (AvgIpc) is 2.11. The lowest BCUT2D eigenvalue weighted by Crippen LogP contribution is -2.45. The van der Waals surface area contributed by atoms with Gasteiger partial charge in [0.05, 0.1) is 12.7 Å². The second-order valence-electron chi connectivity index (χ2n) is 2.02. The van der Waals surface area contributed by atoms with E-state index in [1.54, 1.807) is 5.43 Å². The van der Waals surface area contributed by atoms with Crippen LogP contribution in [0.1, 0.15) is 0 Å². The van der Waals surface area contributed by atoms with Gasteiger partial charge in [0.1, 0.15) is 0 Å². The number of amides is 2. The highest BCUT2D eigenvalue weighted by Crippen LogP contribution is 1.76. The molecule has 0 spiro atoms. The minimum Gasteiger partial charge on any atom is -0.394 e. The Bertz CT molecular complexity index is 172. The molecule has 1 atom stereocenters. The zero-order valence-corrected chi connectivity index (χ0v) is 6.28. The molecule has 0 aliphatic heterocycles. The highest BCUT2D eigenvalue weighted by molar-refractivity contribution is 6.34. The van der Waals surface area contributed by atoms with Gasteiger partial charge in [-0.2, -0.15) is 0 Å². The molecule has 0 aliphatic rings. The van der Waals surface area contributed by atoms with E-state index in [0.717, 1.165) is 0 Å². The van der Waals surface area contributed by atoms with Gasteiger partial charge < -0.3 is 15.5 Å². The quantitative estimate of drug-likeness (QED) is 0.132. The maximum Gasteiger partial charge on any atom is 0.323 e. The number of aliphatic hydroxyl groups excluding tert-OH is 2. The normalized spacial score (nSPS) is 11.9. The fourth-order valence-corrected chi connectivity index (χ4v) is 0.421. The summed E-state index contributed by atoms with van der Waals surface area (Å²) in [7, 11) is 0. The van der Waals surface area contributed by atoms with Crippen molar-refractivity contribution in [1.29, 1.82) is 0 Å². The number of hydrogen-bond donors (Lipinski definition) is 5. The summed E-state index contributed by atoms with van der Waals surface area (Å²) in [6.07, 6.45) is -1.07.